The molecule has 2 unspecified atom stereocenters. The van der Waals surface area contributed by atoms with Crippen LogP contribution >= 0.6 is 0 Å². The first-order valence-corrected chi connectivity index (χ1v) is 6.74. The summed E-state index contributed by atoms with van der Waals surface area (Å²) in [4.78, 5) is 2.30. The van der Waals surface area contributed by atoms with Crippen LogP contribution in [0.5, 0.6) is 0 Å². The van der Waals surface area contributed by atoms with Crippen molar-refractivity contribution in [3.63, 3.8) is 0 Å². The second-order valence-electron chi connectivity index (χ2n) is 5.22. The van der Waals surface area contributed by atoms with Gasteiger partial charge in [0.1, 0.15) is 0 Å². The van der Waals surface area contributed by atoms with E-state index < -0.39 is 6.10 Å². The van der Waals surface area contributed by atoms with Crippen LogP contribution in [-0.4, -0.2) is 33.6 Å². The van der Waals surface area contributed by atoms with Gasteiger partial charge in [-0.3, -0.25) is 4.68 Å². The van der Waals surface area contributed by atoms with Gasteiger partial charge in [0.15, 0.2) is 0 Å². The van der Waals surface area contributed by atoms with Crippen LogP contribution in [0.25, 0.3) is 0 Å². The van der Waals surface area contributed by atoms with Gasteiger partial charge in [-0.05, 0) is 31.0 Å². The molecule has 2 heterocycles. The average Bonchev–Trinajstić information content (AvgIpc) is 2.99. The van der Waals surface area contributed by atoms with Crippen LogP contribution < -0.4 is 4.90 Å². The van der Waals surface area contributed by atoms with E-state index in [2.05, 4.69) is 41.2 Å². The molecule has 0 radical (unpaired) electrons. The maximum atomic E-state index is 10.2. The van der Waals surface area contributed by atoms with Crippen LogP contribution in [0.4, 0.5) is 5.69 Å². The van der Waals surface area contributed by atoms with Crippen molar-refractivity contribution in [2.75, 3.05) is 11.4 Å². The largest absolute Gasteiger partial charge is 0.389 e. The number of aromatic nitrogens is 2. The Bertz CT molecular complexity index is 538. The third-order valence-corrected chi connectivity index (χ3v) is 3.71. The van der Waals surface area contributed by atoms with E-state index in [0.29, 0.717) is 19.1 Å². The summed E-state index contributed by atoms with van der Waals surface area (Å²) >= 11 is 0. The molecule has 4 nitrogen and oxygen atoms in total. The van der Waals surface area contributed by atoms with Crippen molar-refractivity contribution in [3.05, 3.63) is 48.3 Å². The molecule has 0 amide bonds. The quantitative estimate of drug-likeness (QED) is 0.906. The number of fused-ring (bicyclic) bond motifs is 1. The van der Waals surface area contributed by atoms with Gasteiger partial charge in [-0.1, -0.05) is 18.2 Å². The fourth-order valence-corrected chi connectivity index (χ4v) is 2.82. The third kappa shape index (κ3) is 2.49. The molecule has 19 heavy (non-hydrogen) atoms. The Morgan fingerprint density at radius 2 is 2.16 bits per heavy atom. The third-order valence-electron chi connectivity index (χ3n) is 3.71. The monoisotopic (exact) mass is 257 g/mol. The summed E-state index contributed by atoms with van der Waals surface area (Å²) in [5.74, 6) is 0. The highest BCUT2D eigenvalue weighted by molar-refractivity contribution is 5.59. The smallest absolute Gasteiger partial charge is 0.0910 e. The Morgan fingerprint density at radius 3 is 2.95 bits per heavy atom. The molecule has 1 aromatic heterocycles. The molecule has 2 aromatic rings. The first-order chi connectivity index (χ1) is 9.24. The maximum Gasteiger partial charge on any atom is 0.0910 e. The summed E-state index contributed by atoms with van der Waals surface area (Å²) in [7, 11) is 0. The molecule has 1 N–H and O–H groups in total. The van der Waals surface area contributed by atoms with E-state index >= 15 is 0 Å². The van der Waals surface area contributed by atoms with Crippen molar-refractivity contribution < 1.29 is 5.11 Å². The lowest BCUT2D eigenvalue weighted by Gasteiger charge is -2.27. The minimum atomic E-state index is -0.409. The Kier molecular flexibility index (Phi) is 3.25. The van der Waals surface area contributed by atoms with Gasteiger partial charge in [-0.15, -0.1) is 0 Å². The Labute approximate surface area is 113 Å². The van der Waals surface area contributed by atoms with Crippen molar-refractivity contribution in [2.24, 2.45) is 0 Å². The van der Waals surface area contributed by atoms with Crippen molar-refractivity contribution in [1.82, 2.24) is 9.78 Å². The van der Waals surface area contributed by atoms with Gasteiger partial charge in [0.05, 0.1) is 12.6 Å². The number of aliphatic hydroxyl groups is 1. The fraction of sp³-hybridized carbons (Fsp3) is 0.400. The second kappa shape index (κ2) is 5.05. The van der Waals surface area contributed by atoms with Crippen LogP contribution in [0.3, 0.4) is 0 Å². The fourth-order valence-electron chi connectivity index (χ4n) is 2.82. The van der Waals surface area contributed by atoms with Gasteiger partial charge in [0.25, 0.3) is 0 Å². The summed E-state index contributed by atoms with van der Waals surface area (Å²) in [5, 5.41) is 14.4. The van der Waals surface area contributed by atoms with Crippen LogP contribution in [0.1, 0.15) is 12.5 Å². The van der Waals surface area contributed by atoms with Gasteiger partial charge >= 0.3 is 0 Å². The predicted molar refractivity (Wildman–Crippen MR) is 75.2 cm³/mol. The predicted octanol–water partition coefficient (Wildman–Crippen LogP) is 1.70. The van der Waals surface area contributed by atoms with E-state index in [1.807, 2.05) is 12.3 Å². The topological polar surface area (TPSA) is 41.3 Å². The number of hydrogen-bond donors (Lipinski definition) is 1. The minimum absolute atomic E-state index is 0.409. The average molecular weight is 257 g/mol. The molecule has 0 aliphatic carbocycles. The number of nitrogens with zero attached hydrogens (tertiary/aromatic N) is 3. The molecule has 1 aromatic carbocycles. The van der Waals surface area contributed by atoms with E-state index in [4.69, 9.17) is 0 Å². The number of hydrogen-bond acceptors (Lipinski definition) is 3. The van der Waals surface area contributed by atoms with Gasteiger partial charge in [0.2, 0.25) is 0 Å². The first-order valence-electron chi connectivity index (χ1n) is 6.74. The van der Waals surface area contributed by atoms with Gasteiger partial charge < -0.3 is 10.0 Å². The molecule has 3 rings (SSSR count). The lowest BCUT2D eigenvalue weighted by atomic mass is 10.1. The van der Waals surface area contributed by atoms with Crippen LogP contribution in [0.2, 0.25) is 0 Å². The number of aliphatic hydroxyl groups excluding tert-OH is 1. The van der Waals surface area contributed by atoms with Gasteiger partial charge in [-0.25, -0.2) is 0 Å². The number of β-amino-alcohol motifs (C(OH)–C–C–N with tert-alkyl or cyclic N) is 1. The van der Waals surface area contributed by atoms with E-state index in [1.165, 1.54) is 11.3 Å². The molecule has 4 heteroatoms. The number of benzene rings is 1. The lowest BCUT2D eigenvalue weighted by Crippen LogP contribution is -2.38. The molecule has 0 saturated carbocycles. The molecule has 0 saturated heterocycles. The summed E-state index contributed by atoms with van der Waals surface area (Å²) in [6.07, 6.45) is 4.27. The zero-order chi connectivity index (χ0) is 13.2. The van der Waals surface area contributed by atoms with Crippen LogP contribution in [0, 0.1) is 0 Å². The molecule has 0 fully saturated rings. The van der Waals surface area contributed by atoms with Crippen molar-refractivity contribution in [2.45, 2.75) is 32.0 Å². The number of para-hydroxylation sites is 1. The van der Waals surface area contributed by atoms with E-state index in [9.17, 15) is 5.11 Å². The zero-order valence-electron chi connectivity index (χ0n) is 11.1. The van der Waals surface area contributed by atoms with Gasteiger partial charge in [-0.2, -0.15) is 5.10 Å². The van der Waals surface area contributed by atoms with E-state index in [0.717, 1.165) is 6.42 Å². The first kappa shape index (κ1) is 12.2. The lowest BCUT2D eigenvalue weighted by molar-refractivity contribution is 0.153. The second-order valence-corrected chi connectivity index (χ2v) is 5.22. The highest BCUT2D eigenvalue weighted by Gasteiger charge is 2.27. The summed E-state index contributed by atoms with van der Waals surface area (Å²) in [5.41, 5.74) is 2.64. The standard InChI is InChI=1S/C15H19N3O/c1-12-9-13-5-2-3-6-15(13)18(12)11-14(19)10-17-8-4-7-16-17/h2-8,12,14,19H,9-11H2,1H3. The Balaban J connectivity index is 1.69. The van der Waals surface area contributed by atoms with Gasteiger partial charge in [0, 0.05) is 30.7 Å². The molecular weight excluding hydrogens is 238 g/mol. The summed E-state index contributed by atoms with van der Waals surface area (Å²) in [6, 6.07) is 10.8. The molecule has 2 atom stereocenters. The molecule has 0 spiro atoms. The Morgan fingerprint density at radius 1 is 1.32 bits per heavy atom. The van der Waals surface area contributed by atoms with Crippen LogP contribution in [0.15, 0.2) is 42.7 Å². The highest BCUT2D eigenvalue weighted by Crippen LogP contribution is 2.31. The normalized spacial score (nSPS) is 19.5. The van der Waals surface area contributed by atoms with Crippen molar-refractivity contribution in [3.8, 4) is 0 Å². The maximum absolute atomic E-state index is 10.2. The van der Waals surface area contributed by atoms with E-state index in [-0.39, 0.29) is 0 Å². The van der Waals surface area contributed by atoms with E-state index in [1.54, 1.807) is 10.9 Å². The highest BCUT2D eigenvalue weighted by atomic mass is 16.3. The number of rotatable bonds is 4. The molecule has 0 bridgehead atoms. The van der Waals surface area contributed by atoms with Crippen LogP contribution in [-0.2, 0) is 13.0 Å². The molecule has 100 valence electrons. The SMILES string of the molecule is CC1Cc2ccccc2N1CC(O)Cn1cccn1. The number of anilines is 1. The zero-order valence-corrected chi connectivity index (χ0v) is 11.1. The molecule has 1 aliphatic heterocycles. The Hall–Kier alpha value is -1.81. The minimum Gasteiger partial charge on any atom is -0.389 e. The summed E-state index contributed by atoms with van der Waals surface area (Å²) in [6.45, 7) is 3.40. The molecular formula is C15H19N3O. The van der Waals surface area contributed by atoms with Crippen molar-refractivity contribution in [1.29, 1.82) is 0 Å². The summed E-state index contributed by atoms with van der Waals surface area (Å²) < 4.78 is 1.78. The molecule has 1 aliphatic rings. The van der Waals surface area contributed by atoms with Crippen molar-refractivity contribution >= 4 is 5.69 Å².